The number of rotatable bonds is 2. The summed E-state index contributed by atoms with van der Waals surface area (Å²) in [4.78, 5) is 14.9. The number of nitrogens with one attached hydrogen (secondary N) is 1. The van der Waals surface area contributed by atoms with Gasteiger partial charge in [0.05, 0.1) is 11.7 Å². The quantitative estimate of drug-likeness (QED) is 0.820. The molecule has 0 saturated carbocycles. The van der Waals surface area contributed by atoms with Crippen molar-refractivity contribution in [2.45, 2.75) is 13.0 Å². The van der Waals surface area contributed by atoms with E-state index in [2.05, 4.69) is 38.0 Å². The molecular weight excluding hydrogens is 323 g/mol. The highest BCUT2D eigenvalue weighted by atomic mass is 127. The van der Waals surface area contributed by atoms with Crippen molar-refractivity contribution in [1.29, 1.82) is 0 Å². The van der Waals surface area contributed by atoms with E-state index in [0.29, 0.717) is 11.3 Å². The molecule has 0 aliphatic carbocycles. The Bertz CT molecular complexity index is 539. The molecule has 2 N–H and O–H groups in total. The van der Waals surface area contributed by atoms with Crippen molar-refractivity contribution in [2.24, 2.45) is 0 Å². The molecule has 1 amide bonds. The molecule has 0 aliphatic heterocycles. The fourth-order valence-corrected chi connectivity index (χ4v) is 2.37. The largest absolute Gasteiger partial charge is 0.465 e. The van der Waals surface area contributed by atoms with Crippen LogP contribution in [0.25, 0.3) is 5.65 Å². The lowest BCUT2D eigenvalue weighted by atomic mass is 10.3. The van der Waals surface area contributed by atoms with Gasteiger partial charge in [0.1, 0.15) is 3.70 Å². The highest BCUT2D eigenvalue weighted by molar-refractivity contribution is 14.1. The number of nitrogens with zero attached hydrogens (tertiary/aromatic N) is 3. The third-order valence-electron chi connectivity index (χ3n) is 2.11. The minimum atomic E-state index is -1.06. The molecule has 2 aromatic rings. The molecule has 2 aromatic heterocycles. The van der Waals surface area contributed by atoms with Gasteiger partial charge in [-0.05, 0) is 41.6 Å². The molecule has 0 spiro atoms. The molecule has 7 heteroatoms. The number of hydrogen-bond acceptors (Lipinski definition) is 3. The zero-order valence-electron chi connectivity index (χ0n) is 8.38. The Morgan fingerprint density at radius 3 is 3.06 bits per heavy atom. The molecule has 0 radical (unpaired) electrons. The smallest absolute Gasteiger partial charge is 0.405 e. The summed E-state index contributed by atoms with van der Waals surface area (Å²) >= 11 is 2.10. The Kier molecular flexibility index (Phi) is 2.95. The SMILES string of the molecule is CC(NC(=O)O)c1nc2cccnn2c1I. The molecule has 1 atom stereocenters. The van der Waals surface area contributed by atoms with Crippen molar-refractivity contribution in [3.63, 3.8) is 0 Å². The average molecular weight is 332 g/mol. The molecule has 1 unspecified atom stereocenters. The van der Waals surface area contributed by atoms with Gasteiger partial charge in [0.2, 0.25) is 0 Å². The summed E-state index contributed by atoms with van der Waals surface area (Å²) < 4.78 is 2.49. The van der Waals surface area contributed by atoms with Crippen molar-refractivity contribution in [3.05, 3.63) is 27.7 Å². The highest BCUT2D eigenvalue weighted by Gasteiger charge is 2.17. The predicted octanol–water partition coefficient (Wildman–Crippen LogP) is 1.66. The molecule has 6 nitrogen and oxygen atoms in total. The van der Waals surface area contributed by atoms with Crippen LogP contribution in [0.3, 0.4) is 0 Å². The third-order valence-corrected chi connectivity index (χ3v) is 3.12. The molecule has 84 valence electrons. The second-order valence-corrected chi connectivity index (χ2v) is 4.27. The predicted molar refractivity (Wildman–Crippen MR) is 65.3 cm³/mol. The minimum Gasteiger partial charge on any atom is -0.465 e. The Labute approximate surface area is 105 Å². The Morgan fingerprint density at radius 2 is 2.44 bits per heavy atom. The molecule has 0 bridgehead atoms. The van der Waals surface area contributed by atoms with Crippen LogP contribution >= 0.6 is 22.6 Å². The lowest BCUT2D eigenvalue weighted by Gasteiger charge is -2.08. The lowest BCUT2D eigenvalue weighted by molar-refractivity contribution is 0.190. The molecule has 16 heavy (non-hydrogen) atoms. The number of hydrogen-bond donors (Lipinski definition) is 2. The molecule has 0 aromatic carbocycles. The summed E-state index contributed by atoms with van der Waals surface area (Å²) in [5, 5.41) is 15.2. The van der Waals surface area contributed by atoms with Gasteiger partial charge in [-0.3, -0.25) is 0 Å². The topological polar surface area (TPSA) is 79.5 Å². The van der Waals surface area contributed by atoms with E-state index < -0.39 is 6.09 Å². The molecular formula is C9H9IN4O2. The summed E-state index contributed by atoms with van der Waals surface area (Å²) in [6.07, 6.45) is 0.601. The molecule has 2 rings (SSSR count). The van der Waals surface area contributed by atoms with Gasteiger partial charge in [-0.1, -0.05) is 0 Å². The monoisotopic (exact) mass is 332 g/mol. The number of imidazole rings is 1. The summed E-state index contributed by atoms with van der Waals surface area (Å²) in [6.45, 7) is 1.75. The maximum Gasteiger partial charge on any atom is 0.405 e. The van der Waals surface area contributed by atoms with Gasteiger partial charge >= 0.3 is 6.09 Å². The van der Waals surface area contributed by atoms with E-state index in [-0.39, 0.29) is 6.04 Å². The van der Waals surface area contributed by atoms with Crippen LogP contribution in [0, 0.1) is 3.70 Å². The van der Waals surface area contributed by atoms with Crippen LogP contribution in [-0.4, -0.2) is 25.8 Å². The zero-order chi connectivity index (χ0) is 11.7. The van der Waals surface area contributed by atoms with Crippen LogP contribution in [0.2, 0.25) is 0 Å². The van der Waals surface area contributed by atoms with Gasteiger partial charge in [-0.2, -0.15) is 5.10 Å². The van der Waals surface area contributed by atoms with E-state index in [0.717, 1.165) is 3.70 Å². The number of carbonyl (C=O) groups is 1. The van der Waals surface area contributed by atoms with Gasteiger partial charge in [0.15, 0.2) is 5.65 Å². The summed E-state index contributed by atoms with van der Waals surface area (Å²) in [7, 11) is 0. The second kappa shape index (κ2) is 4.24. The molecule has 2 heterocycles. The normalized spacial score (nSPS) is 12.6. The van der Waals surface area contributed by atoms with Crippen molar-refractivity contribution in [2.75, 3.05) is 0 Å². The number of aromatic nitrogens is 3. The fourth-order valence-electron chi connectivity index (χ4n) is 1.41. The summed E-state index contributed by atoms with van der Waals surface area (Å²) in [5.74, 6) is 0. The van der Waals surface area contributed by atoms with Gasteiger partial charge in [0, 0.05) is 6.20 Å². The van der Waals surface area contributed by atoms with Crippen molar-refractivity contribution >= 4 is 34.3 Å². The summed E-state index contributed by atoms with van der Waals surface area (Å²) in [6, 6.07) is 3.26. The first-order valence-electron chi connectivity index (χ1n) is 4.58. The van der Waals surface area contributed by atoms with E-state index in [1.54, 1.807) is 23.7 Å². The first-order chi connectivity index (χ1) is 7.59. The standard InChI is InChI=1S/C9H9IN4O2/c1-5(12-9(15)16)7-8(10)14-6(13-7)3-2-4-11-14/h2-5,12H,1H3,(H,15,16). The van der Waals surface area contributed by atoms with Gasteiger partial charge in [0.25, 0.3) is 0 Å². The number of fused-ring (bicyclic) bond motifs is 1. The minimum absolute atomic E-state index is 0.355. The molecule has 0 saturated heterocycles. The van der Waals surface area contributed by atoms with E-state index >= 15 is 0 Å². The number of halogens is 1. The highest BCUT2D eigenvalue weighted by Crippen LogP contribution is 2.19. The van der Waals surface area contributed by atoms with Crippen LogP contribution in [0.15, 0.2) is 18.3 Å². The number of carboxylic acid groups (broad SMARTS) is 1. The van der Waals surface area contributed by atoms with Crippen molar-refractivity contribution < 1.29 is 9.90 Å². The van der Waals surface area contributed by atoms with Gasteiger partial charge in [-0.15, -0.1) is 0 Å². The van der Waals surface area contributed by atoms with E-state index in [1.165, 1.54) is 0 Å². The van der Waals surface area contributed by atoms with Crippen molar-refractivity contribution in [1.82, 2.24) is 19.9 Å². The first kappa shape index (κ1) is 11.1. The van der Waals surface area contributed by atoms with Gasteiger partial charge in [-0.25, -0.2) is 14.3 Å². The second-order valence-electron chi connectivity index (χ2n) is 3.25. The third kappa shape index (κ3) is 1.94. The summed E-state index contributed by atoms with van der Waals surface area (Å²) in [5.41, 5.74) is 1.39. The van der Waals surface area contributed by atoms with Crippen LogP contribution in [0.5, 0.6) is 0 Å². The maximum absolute atomic E-state index is 10.5. The van der Waals surface area contributed by atoms with E-state index in [9.17, 15) is 4.79 Å². The first-order valence-corrected chi connectivity index (χ1v) is 5.66. The maximum atomic E-state index is 10.5. The van der Waals surface area contributed by atoms with Crippen LogP contribution in [-0.2, 0) is 0 Å². The van der Waals surface area contributed by atoms with Crippen LogP contribution in [0.4, 0.5) is 4.79 Å². The van der Waals surface area contributed by atoms with E-state index in [1.807, 2.05) is 6.07 Å². The van der Waals surface area contributed by atoms with E-state index in [4.69, 9.17) is 5.11 Å². The Hall–Kier alpha value is -1.38. The molecule has 0 aliphatic rings. The number of amides is 1. The fraction of sp³-hybridized carbons (Fsp3) is 0.222. The molecule has 0 fully saturated rings. The Morgan fingerprint density at radius 1 is 1.69 bits per heavy atom. The van der Waals surface area contributed by atoms with Gasteiger partial charge < -0.3 is 10.4 Å². The van der Waals surface area contributed by atoms with Crippen LogP contribution < -0.4 is 5.32 Å². The average Bonchev–Trinajstić information content (AvgIpc) is 2.56. The zero-order valence-corrected chi connectivity index (χ0v) is 10.5. The van der Waals surface area contributed by atoms with Crippen LogP contribution in [0.1, 0.15) is 18.7 Å². The Balaban J connectivity index is 2.45. The lowest BCUT2D eigenvalue weighted by Crippen LogP contribution is -2.25. The van der Waals surface area contributed by atoms with Crippen molar-refractivity contribution in [3.8, 4) is 0 Å².